The second-order valence-electron chi connectivity index (χ2n) is 5.51. The predicted octanol–water partition coefficient (Wildman–Crippen LogP) is 2.81. The van der Waals surface area contributed by atoms with Gasteiger partial charge in [0.05, 0.1) is 18.8 Å². The third-order valence-electron chi connectivity index (χ3n) is 3.43. The van der Waals surface area contributed by atoms with Crippen LogP contribution in [0.5, 0.6) is 0 Å². The molecule has 1 aliphatic carbocycles. The van der Waals surface area contributed by atoms with Gasteiger partial charge in [-0.25, -0.2) is 0 Å². The summed E-state index contributed by atoms with van der Waals surface area (Å²) in [6, 6.07) is 8.38. The van der Waals surface area contributed by atoms with Crippen LogP contribution in [0, 0.1) is 0 Å². The smallest absolute Gasteiger partial charge is 0.0898 e. The summed E-state index contributed by atoms with van der Waals surface area (Å²) in [5.41, 5.74) is 1.35. The number of ether oxygens (including phenoxy) is 1. The van der Waals surface area contributed by atoms with Crippen molar-refractivity contribution in [2.75, 3.05) is 13.2 Å². The van der Waals surface area contributed by atoms with Crippen molar-refractivity contribution in [2.24, 2.45) is 0 Å². The maximum absolute atomic E-state index is 9.89. The Hall–Kier alpha value is -0.420. The highest BCUT2D eigenvalue weighted by atomic mass is 79.9. The van der Waals surface area contributed by atoms with E-state index in [9.17, 15) is 5.11 Å². The van der Waals surface area contributed by atoms with Crippen LogP contribution in [-0.4, -0.2) is 30.5 Å². The van der Waals surface area contributed by atoms with Gasteiger partial charge in [0.25, 0.3) is 0 Å². The molecule has 0 amide bonds. The lowest BCUT2D eigenvalue weighted by molar-refractivity contribution is 0.00503. The number of hydrogen-bond acceptors (Lipinski definition) is 3. The Morgan fingerprint density at radius 1 is 1.42 bits per heavy atom. The van der Waals surface area contributed by atoms with E-state index in [1.54, 1.807) is 0 Å². The number of halogens is 1. The maximum atomic E-state index is 9.89. The molecule has 1 aromatic carbocycles. The lowest BCUT2D eigenvalue weighted by Crippen LogP contribution is -2.38. The number of aliphatic hydroxyl groups excluding tert-OH is 1. The van der Waals surface area contributed by atoms with Crippen LogP contribution in [-0.2, 0) is 10.3 Å². The minimum atomic E-state index is -0.452. The van der Waals surface area contributed by atoms with Crippen molar-refractivity contribution >= 4 is 15.9 Å². The van der Waals surface area contributed by atoms with E-state index in [1.807, 2.05) is 19.9 Å². The summed E-state index contributed by atoms with van der Waals surface area (Å²) in [7, 11) is 0. The summed E-state index contributed by atoms with van der Waals surface area (Å²) in [6.07, 6.45) is 1.96. The molecule has 0 bridgehead atoms. The highest BCUT2D eigenvalue weighted by Gasteiger charge is 2.44. The summed E-state index contributed by atoms with van der Waals surface area (Å²) in [5.74, 6) is 0. The van der Waals surface area contributed by atoms with Crippen LogP contribution >= 0.6 is 15.9 Å². The first-order valence-corrected chi connectivity index (χ1v) is 7.62. The van der Waals surface area contributed by atoms with Gasteiger partial charge in [0.2, 0.25) is 0 Å². The lowest BCUT2D eigenvalue weighted by atomic mass is 10.0. The zero-order valence-corrected chi connectivity index (χ0v) is 13.1. The zero-order chi connectivity index (χ0) is 13.9. The molecule has 1 saturated carbocycles. The standard InChI is InChI=1S/C15H22BrNO2/c1-11(2)19-10-14(18)9-17-15(6-7-15)12-4-3-5-13(16)8-12/h3-5,8,11,14,17-18H,6-7,9-10H2,1-2H3. The van der Waals surface area contributed by atoms with E-state index in [0.717, 1.165) is 17.3 Å². The Morgan fingerprint density at radius 3 is 2.74 bits per heavy atom. The molecule has 1 aromatic rings. The molecule has 0 saturated heterocycles. The molecule has 106 valence electrons. The molecule has 1 aliphatic rings. The molecule has 1 atom stereocenters. The van der Waals surface area contributed by atoms with Gasteiger partial charge in [0.15, 0.2) is 0 Å². The van der Waals surface area contributed by atoms with Crippen LogP contribution in [0.25, 0.3) is 0 Å². The number of benzene rings is 1. The number of hydrogen-bond donors (Lipinski definition) is 2. The second kappa shape index (κ2) is 6.35. The van der Waals surface area contributed by atoms with Crippen molar-refractivity contribution in [3.05, 3.63) is 34.3 Å². The highest BCUT2D eigenvalue weighted by molar-refractivity contribution is 9.10. The largest absolute Gasteiger partial charge is 0.389 e. The Morgan fingerprint density at radius 2 is 2.16 bits per heavy atom. The molecule has 0 heterocycles. The molecular formula is C15H22BrNO2. The second-order valence-corrected chi connectivity index (χ2v) is 6.42. The minimum absolute atomic E-state index is 0.0581. The highest BCUT2D eigenvalue weighted by Crippen LogP contribution is 2.45. The Kier molecular flexibility index (Phi) is 5.01. The van der Waals surface area contributed by atoms with Crippen molar-refractivity contribution in [1.29, 1.82) is 0 Å². The van der Waals surface area contributed by atoms with E-state index in [4.69, 9.17) is 4.74 Å². The molecule has 0 aromatic heterocycles. The zero-order valence-electron chi connectivity index (χ0n) is 11.5. The van der Waals surface area contributed by atoms with Gasteiger partial charge in [-0.05, 0) is 44.4 Å². The molecule has 2 rings (SSSR count). The fourth-order valence-corrected chi connectivity index (χ4v) is 2.55. The number of nitrogens with one attached hydrogen (secondary N) is 1. The van der Waals surface area contributed by atoms with Gasteiger partial charge >= 0.3 is 0 Å². The molecule has 2 N–H and O–H groups in total. The topological polar surface area (TPSA) is 41.5 Å². The first kappa shape index (κ1) is 15.0. The van der Waals surface area contributed by atoms with Crippen LogP contribution in [0.4, 0.5) is 0 Å². The number of aliphatic hydroxyl groups is 1. The molecule has 0 aliphatic heterocycles. The van der Waals surface area contributed by atoms with Crippen LogP contribution in [0.3, 0.4) is 0 Å². The van der Waals surface area contributed by atoms with Crippen LogP contribution in [0.15, 0.2) is 28.7 Å². The fourth-order valence-electron chi connectivity index (χ4n) is 2.15. The summed E-state index contributed by atoms with van der Waals surface area (Å²) in [4.78, 5) is 0. The third-order valence-corrected chi connectivity index (χ3v) is 3.92. The van der Waals surface area contributed by atoms with Gasteiger partial charge in [-0.2, -0.15) is 0 Å². The van der Waals surface area contributed by atoms with Crippen molar-refractivity contribution in [1.82, 2.24) is 5.32 Å². The van der Waals surface area contributed by atoms with Gasteiger partial charge in [-0.3, -0.25) is 0 Å². The van der Waals surface area contributed by atoms with Crippen molar-refractivity contribution in [3.8, 4) is 0 Å². The first-order valence-electron chi connectivity index (χ1n) is 6.82. The predicted molar refractivity (Wildman–Crippen MR) is 80.2 cm³/mol. The summed E-state index contributed by atoms with van der Waals surface area (Å²) >= 11 is 3.51. The maximum Gasteiger partial charge on any atom is 0.0898 e. The minimum Gasteiger partial charge on any atom is -0.389 e. The quantitative estimate of drug-likeness (QED) is 0.809. The lowest BCUT2D eigenvalue weighted by Gasteiger charge is -2.21. The average Bonchev–Trinajstić information content (AvgIpc) is 3.15. The molecule has 0 radical (unpaired) electrons. The molecule has 4 heteroatoms. The summed E-state index contributed by atoms with van der Waals surface area (Å²) < 4.78 is 6.52. The van der Waals surface area contributed by atoms with Gasteiger partial charge in [0.1, 0.15) is 0 Å². The van der Waals surface area contributed by atoms with Gasteiger partial charge < -0.3 is 15.2 Å². The van der Waals surface area contributed by atoms with Gasteiger partial charge in [-0.15, -0.1) is 0 Å². The Labute approximate surface area is 123 Å². The SMILES string of the molecule is CC(C)OCC(O)CNC1(c2cccc(Br)c2)CC1. The van der Waals surface area contributed by atoms with E-state index in [0.29, 0.717) is 13.2 Å². The summed E-state index contributed by atoms with van der Waals surface area (Å²) in [5, 5.41) is 13.4. The number of rotatable bonds is 7. The molecule has 19 heavy (non-hydrogen) atoms. The monoisotopic (exact) mass is 327 g/mol. The van der Waals surface area contributed by atoms with E-state index >= 15 is 0 Å². The van der Waals surface area contributed by atoms with E-state index in [1.165, 1.54) is 5.56 Å². The van der Waals surface area contributed by atoms with Crippen molar-refractivity contribution < 1.29 is 9.84 Å². The molecule has 3 nitrogen and oxygen atoms in total. The Balaban J connectivity index is 1.85. The van der Waals surface area contributed by atoms with Crippen LogP contribution < -0.4 is 5.32 Å². The molecule has 1 fully saturated rings. The van der Waals surface area contributed by atoms with E-state index < -0.39 is 6.10 Å². The normalized spacial score (nSPS) is 18.6. The third kappa shape index (κ3) is 4.28. The van der Waals surface area contributed by atoms with E-state index in [-0.39, 0.29) is 11.6 Å². The molecule has 1 unspecified atom stereocenters. The van der Waals surface area contributed by atoms with Gasteiger partial charge in [0, 0.05) is 16.6 Å². The molecular weight excluding hydrogens is 306 g/mol. The average molecular weight is 328 g/mol. The van der Waals surface area contributed by atoms with Crippen molar-refractivity contribution in [2.45, 2.75) is 44.4 Å². The van der Waals surface area contributed by atoms with Crippen LogP contribution in [0.2, 0.25) is 0 Å². The molecule has 0 spiro atoms. The summed E-state index contributed by atoms with van der Waals surface area (Å²) in [6.45, 7) is 4.91. The van der Waals surface area contributed by atoms with E-state index in [2.05, 4.69) is 39.4 Å². The Bertz CT molecular complexity index is 418. The van der Waals surface area contributed by atoms with Crippen LogP contribution in [0.1, 0.15) is 32.3 Å². The van der Waals surface area contributed by atoms with Gasteiger partial charge in [-0.1, -0.05) is 28.1 Å². The fraction of sp³-hybridized carbons (Fsp3) is 0.600. The van der Waals surface area contributed by atoms with Crippen molar-refractivity contribution in [3.63, 3.8) is 0 Å². The first-order chi connectivity index (χ1) is 9.02.